The molecule has 2 amide bonds. The van der Waals surface area contributed by atoms with Crippen molar-refractivity contribution in [1.82, 2.24) is 14.5 Å². The number of rotatable bonds is 8. The highest BCUT2D eigenvalue weighted by Crippen LogP contribution is 2.38. The first kappa shape index (κ1) is 30.2. The van der Waals surface area contributed by atoms with Crippen LogP contribution in [0.25, 0.3) is 0 Å². The van der Waals surface area contributed by atoms with E-state index in [2.05, 4.69) is 5.32 Å². The molecule has 12 heteroatoms. The maximum absolute atomic E-state index is 13.5. The number of hydrogen-bond donors (Lipinski definition) is 1. The van der Waals surface area contributed by atoms with Crippen LogP contribution in [0.1, 0.15) is 72.3 Å². The second-order valence-electron chi connectivity index (χ2n) is 11.5. The van der Waals surface area contributed by atoms with E-state index >= 15 is 0 Å². The normalized spacial score (nSPS) is 18.5. The molecule has 1 N–H and O–H groups in total. The second-order valence-corrected chi connectivity index (χ2v) is 13.3. The number of amides is 2. The highest BCUT2D eigenvalue weighted by molar-refractivity contribution is 7.89. The van der Waals surface area contributed by atoms with E-state index in [4.69, 9.17) is 4.74 Å². The quantitative estimate of drug-likeness (QED) is 0.493. The SMILES string of the molecule is CC(C)C[C@@H](NC(=O)OC(C)(C)C)C(=O)N1CCC(N(C2CC2)S(=O)(=O)c2cccc(C(F)(F)F)c2)CC1. The third kappa shape index (κ3) is 7.84. The van der Waals surface area contributed by atoms with E-state index in [0.717, 1.165) is 12.1 Å². The zero-order valence-electron chi connectivity index (χ0n) is 22.5. The fourth-order valence-electron chi connectivity index (χ4n) is 4.68. The summed E-state index contributed by atoms with van der Waals surface area (Å²) in [5, 5.41) is 2.68. The lowest BCUT2D eigenvalue weighted by atomic mass is 10.00. The largest absolute Gasteiger partial charge is 0.444 e. The molecule has 214 valence electrons. The number of likely N-dealkylation sites (tertiary alicyclic amines) is 1. The van der Waals surface area contributed by atoms with Crippen molar-refractivity contribution in [3.8, 4) is 0 Å². The number of alkyl halides is 3. The summed E-state index contributed by atoms with van der Waals surface area (Å²) in [6.07, 6.45) is -2.93. The Morgan fingerprint density at radius 1 is 1.08 bits per heavy atom. The van der Waals surface area contributed by atoms with Crippen molar-refractivity contribution in [2.24, 2.45) is 5.92 Å². The summed E-state index contributed by atoms with van der Waals surface area (Å²) in [4.78, 5) is 26.9. The number of benzene rings is 1. The third-order valence-electron chi connectivity index (χ3n) is 6.48. The molecule has 0 aromatic heterocycles. The number of hydrogen-bond acceptors (Lipinski definition) is 5. The minimum absolute atomic E-state index is 0.124. The van der Waals surface area contributed by atoms with E-state index in [1.165, 1.54) is 10.4 Å². The van der Waals surface area contributed by atoms with E-state index in [1.807, 2.05) is 13.8 Å². The first-order chi connectivity index (χ1) is 17.5. The minimum atomic E-state index is -4.65. The number of halogens is 3. The molecule has 0 bridgehead atoms. The van der Waals surface area contributed by atoms with E-state index in [1.54, 1.807) is 25.7 Å². The average Bonchev–Trinajstić information content (AvgIpc) is 3.61. The highest BCUT2D eigenvalue weighted by atomic mass is 32.2. The predicted octanol–water partition coefficient (Wildman–Crippen LogP) is 4.79. The Kier molecular flexibility index (Phi) is 9.07. The van der Waals surface area contributed by atoms with Gasteiger partial charge in [-0.2, -0.15) is 17.5 Å². The summed E-state index contributed by atoms with van der Waals surface area (Å²) in [5.74, 6) is -0.138. The summed E-state index contributed by atoms with van der Waals surface area (Å²) in [5.41, 5.74) is -1.73. The minimum Gasteiger partial charge on any atom is -0.444 e. The van der Waals surface area contributed by atoms with Gasteiger partial charge in [0.1, 0.15) is 11.6 Å². The fraction of sp³-hybridized carbons (Fsp3) is 0.692. The molecule has 1 aliphatic heterocycles. The summed E-state index contributed by atoms with van der Waals surface area (Å²) in [7, 11) is -4.17. The van der Waals surface area contributed by atoms with Gasteiger partial charge >= 0.3 is 12.3 Å². The van der Waals surface area contributed by atoms with Crippen molar-refractivity contribution in [2.75, 3.05) is 13.1 Å². The molecule has 0 spiro atoms. The summed E-state index contributed by atoms with van der Waals surface area (Å²) in [6, 6.07) is 2.35. The molecule has 2 fully saturated rings. The average molecular weight is 562 g/mol. The lowest BCUT2D eigenvalue weighted by Gasteiger charge is -2.39. The standard InChI is InChI=1S/C26H38F3N3O5S/c1-17(2)15-22(30-24(34)37-25(3,4)5)23(33)31-13-11-20(12-14-31)32(19-9-10-19)38(35,36)21-8-6-7-18(16-21)26(27,28)29/h6-8,16-17,19-20,22H,9-15H2,1-5H3,(H,30,34)/t22-/m1/s1. The Morgan fingerprint density at radius 2 is 1.66 bits per heavy atom. The molecular weight excluding hydrogens is 523 g/mol. The van der Waals surface area contributed by atoms with Gasteiger partial charge in [-0.15, -0.1) is 0 Å². The Morgan fingerprint density at radius 3 is 2.16 bits per heavy atom. The van der Waals surface area contributed by atoms with Crippen LogP contribution in [0.5, 0.6) is 0 Å². The number of alkyl carbamates (subject to hydrolysis) is 1. The first-order valence-corrected chi connectivity index (χ1v) is 14.4. The van der Waals surface area contributed by atoms with Gasteiger partial charge in [0.2, 0.25) is 15.9 Å². The summed E-state index contributed by atoms with van der Waals surface area (Å²) in [6.45, 7) is 9.62. The molecule has 2 aliphatic rings. The number of sulfonamides is 1. The zero-order chi connectivity index (χ0) is 28.5. The number of carbonyl (C=O) groups is 2. The van der Waals surface area contributed by atoms with Gasteiger partial charge < -0.3 is 15.0 Å². The monoisotopic (exact) mass is 561 g/mol. The second kappa shape index (κ2) is 11.4. The first-order valence-electron chi connectivity index (χ1n) is 13.0. The number of ether oxygens (including phenoxy) is 1. The van der Waals surface area contributed by atoms with Crippen molar-refractivity contribution in [2.45, 2.75) is 102 Å². The third-order valence-corrected chi connectivity index (χ3v) is 8.48. The van der Waals surface area contributed by atoms with Crippen molar-refractivity contribution < 1.29 is 35.9 Å². The molecule has 1 atom stereocenters. The van der Waals surface area contributed by atoms with Crippen LogP contribution in [-0.4, -0.2) is 66.4 Å². The Balaban J connectivity index is 1.72. The van der Waals surface area contributed by atoms with Crippen LogP contribution < -0.4 is 5.32 Å². The van der Waals surface area contributed by atoms with Crippen molar-refractivity contribution in [3.05, 3.63) is 29.8 Å². The van der Waals surface area contributed by atoms with Gasteiger partial charge in [0, 0.05) is 25.2 Å². The van der Waals surface area contributed by atoms with Gasteiger partial charge in [-0.3, -0.25) is 4.79 Å². The number of carbonyl (C=O) groups excluding carboxylic acids is 2. The molecule has 1 aromatic rings. The van der Waals surface area contributed by atoms with Gasteiger partial charge in [-0.1, -0.05) is 19.9 Å². The summed E-state index contributed by atoms with van der Waals surface area (Å²) >= 11 is 0. The Hall–Kier alpha value is -2.34. The molecule has 1 aromatic carbocycles. The smallest absolute Gasteiger partial charge is 0.416 e. The maximum atomic E-state index is 13.5. The van der Waals surface area contributed by atoms with Gasteiger partial charge in [0.05, 0.1) is 10.5 Å². The van der Waals surface area contributed by atoms with Crippen LogP contribution >= 0.6 is 0 Å². The highest BCUT2D eigenvalue weighted by Gasteiger charge is 2.45. The molecule has 1 saturated heterocycles. The lowest BCUT2D eigenvalue weighted by molar-refractivity contribution is -0.137. The van der Waals surface area contributed by atoms with Crippen molar-refractivity contribution >= 4 is 22.0 Å². The topological polar surface area (TPSA) is 96.0 Å². The van der Waals surface area contributed by atoms with Crippen LogP contribution in [-0.2, 0) is 25.7 Å². The van der Waals surface area contributed by atoms with Crippen molar-refractivity contribution in [3.63, 3.8) is 0 Å². The van der Waals surface area contributed by atoms with Gasteiger partial charge in [-0.05, 0) is 77.0 Å². The molecule has 1 heterocycles. The van der Waals surface area contributed by atoms with Crippen LogP contribution in [0.2, 0.25) is 0 Å². The number of nitrogens with one attached hydrogen (secondary N) is 1. The molecule has 0 radical (unpaired) electrons. The molecular formula is C26H38F3N3O5S. The van der Waals surface area contributed by atoms with E-state index in [9.17, 15) is 31.2 Å². The molecule has 8 nitrogen and oxygen atoms in total. The molecule has 0 unspecified atom stereocenters. The van der Waals surface area contributed by atoms with Gasteiger partial charge in [0.15, 0.2) is 0 Å². The fourth-order valence-corrected chi connectivity index (χ4v) is 6.65. The van der Waals surface area contributed by atoms with E-state index in [-0.39, 0.29) is 35.9 Å². The van der Waals surface area contributed by atoms with Gasteiger partial charge in [-0.25, -0.2) is 13.2 Å². The molecule has 3 rings (SSSR count). The van der Waals surface area contributed by atoms with Crippen LogP contribution in [0.3, 0.4) is 0 Å². The lowest BCUT2D eigenvalue weighted by Crippen LogP contribution is -2.54. The molecule has 38 heavy (non-hydrogen) atoms. The summed E-state index contributed by atoms with van der Waals surface area (Å²) < 4.78 is 73.3. The number of nitrogens with zero attached hydrogens (tertiary/aromatic N) is 2. The maximum Gasteiger partial charge on any atom is 0.416 e. The Bertz CT molecular complexity index is 1110. The van der Waals surface area contributed by atoms with Gasteiger partial charge in [0.25, 0.3) is 0 Å². The zero-order valence-corrected chi connectivity index (χ0v) is 23.4. The van der Waals surface area contributed by atoms with E-state index < -0.39 is 45.5 Å². The van der Waals surface area contributed by atoms with Crippen LogP contribution in [0.15, 0.2) is 29.2 Å². The predicted molar refractivity (Wildman–Crippen MR) is 136 cm³/mol. The van der Waals surface area contributed by atoms with Crippen molar-refractivity contribution in [1.29, 1.82) is 0 Å². The molecule has 1 saturated carbocycles. The Labute approximate surface area is 222 Å². The van der Waals surface area contributed by atoms with Crippen LogP contribution in [0.4, 0.5) is 18.0 Å². The van der Waals surface area contributed by atoms with Crippen LogP contribution in [0, 0.1) is 5.92 Å². The molecule has 1 aliphatic carbocycles. The van der Waals surface area contributed by atoms with E-state index in [0.29, 0.717) is 38.2 Å². The number of piperidine rings is 1.